The van der Waals surface area contributed by atoms with Crippen molar-refractivity contribution in [2.75, 3.05) is 0 Å². The fourth-order valence-electron chi connectivity index (χ4n) is 3.19. The second kappa shape index (κ2) is 6.39. The van der Waals surface area contributed by atoms with E-state index in [4.69, 9.17) is 10.3 Å². The van der Waals surface area contributed by atoms with Crippen LogP contribution in [0.3, 0.4) is 0 Å². The predicted molar refractivity (Wildman–Crippen MR) is 82.6 cm³/mol. The van der Waals surface area contributed by atoms with E-state index >= 15 is 0 Å². The fourth-order valence-corrected chi connectivity index (χ4v) is 3.19. The molecule has 1 heterocycles. The van der Waals surface area contributed by atoms with E-state index < -0.39 is 0 Å². The van der Waals surface area contributed by atoms with Gasteiger partial charge in [0.15, 0.2) is 0 Å². The van der Waals surface area contributed by atoms with Crippen molar-refractivity contribution >= 4 is 0 Å². The molecule has 1 unspecified atom stereocenters. The topological polar surface area (TPSA) is 64.9 Å². The highest BCUT2D eigenvalue weighted by atomic mass is 16.5. The van der Waals surface area contributed by atoms with Crippen molar-refractivity contribution in [1.82, 2.24) is 10.1 Å². The average molecular weight is 285 g/mol. The van der Waals surface area contributed by atoms with Gasteiger partial charge in [-0.25, -0.2) is 0 Å². The highest BCUT2D eigenvalue weighted by molar-refractivity contribution is 5.54. The van der Waals surface area contributed by atoms with Gasteiger partial charge in [-0.05, 0) is 17.9 Å². The summed E-state index contributed by atoms with van der Waals surface area (Å²) in [5.41, 5.74) is 7.70. The van der Waals surface area contributed by atoms with Gasteiger partial charge in [-0.3, -0.25) is 0 Å². The summed E-state index contributed by atoms with van der Waals surface area (Å²) >= 11 is 0. The van der Waals surface area contributed by atoms with Gasteiger partial charge in [-0.2, -0.15) is 4.98 Å². The monoisotopic (exact) mass is 285 g/mol. The first-order valence-electron chi connectivity index (χ1n) is 7.89. The first-order valence-corrected chi connectivity index (χ1v) is 7.89. The van der Waals surface area contributed by atoms with E-state index in [1.54, 1.807) is 0 Å². The molecule has 21 heavy (non-hydrogen) atoms. The summed E-state index contributed by atoms with van der Waals surface area (Å²) < 4.78 is 5.46. The molecule has 0 amide bonds. The van der Waals surface area contributed by atoms with Crippen molar-refractivity contribution < 1.29 is 4.52 Å². The van der Waals surface area contributed by atoms with Crippen LogP contribution in [0, 0.1) is 5.92 Å². The third-order valence-corrected chi connectivity index (χ3v) is 4.47. The lowest BCUT2D eigenvalue weighted by Crippen LogP contribution is -2.02. The molecule has 1 aromatic heterocycles. The van der Waals surface area contributed by atoms with Crippen LogP contribution in [-0.4, -0.2) is 10.1 Å². The summed E-state index contributed by atoms with van der Waals surface area (Å²) in [7, 11) is 0. The zero-order chi connectivity index (χ0) is 14.7. The molecular formula is C17H23N3O. The highest BCUT2D eigenvalue weighted by Crippen LogP contribution is 2.33. The minimum Gasteiger partial charge on any atom is -0.339 e. The van der Waals surface area contributed by atoms with Crippen LogP contribution < -0.4 is 5.73 Å². The molecule has 0 aliphatic heterocycles. The minimum absolute atomic E-state index is 0.345. The molecule has 0 bridgehead atoms. The van der Waals surface area contributed by atoms with Crippen LogP contribution in [0.25, 0.3) is 11.4 Å². The van der Waals surface area contributed by atoms with Gasteiger partial charge in [0.1, 0.15) is 0 Å². The molecule has 112 valence electrons. The molecule has 1 aliphatic rings. The number of aromatic nitrogens is 2. The Balaban J connectivity index is 1.69. The Morgan fingerprint density at radius 2 is 1.95 bits per heavy atom. The fraction of sp³-hybridized carbons (Fsp3) is 0.529. The normalized spacial score (nSPS) is 17.2. The third kappa shape index (κ3) is 3.32. The molecule has 3 rings (SSSR count). The van der Waals surface area contributed by atoms with Crippen molar-refractivity contribution in [2.45, 2.75) is 51.5 Å². The average Bonchev–Trinajstić information content (AvgIpc) is 3.18. The number of hydrogen-bond donors (Lipinski definition) is 1. The number of benzene rings is 1. The quantitative estimate of drug-likeness (QED) is 0.905. The SMILES string of the molecule is CC(CC1CCCC1)c1nc(-c2ccc(CN)cc2)no1. The molecule has 4 heteroatoms. The Kier molecular flexibility index (Phi) is 4.34. The zero-order valence-electron chi connectivity index (χ0n) is 12.6. The van der Waals surface area contributed by atoms with E-state index in [2.05, 4.69) is 17.1 Å². The van der Waals surface area contributed by atoms with Gasteiger partial charge < -0.3 is 10.3 Å². The maximum atomic E-state index is 5.61. The van der Waals surface area contributed by atoms with Crippen LogP contribution in [0.5, 0.6) is 0 Å². The van der Waals surface area contributed by atoms with Gasteiger partial charge in [0.25, 0.3) is 0 Å². The predicted octanol–water partition coefficient (Wildman–Crippen LogP) is 3.88. The Labute approximate surface area is 125 Å². The van der Waals surface area contributed by atoms with E-state index in [1.165, 1.54) is 25.7 Å². The van der Waals surface area contributed by atoms with Gasteiger partial charge in [-0.1, -0.05) is 62.0 Å². The summed E-state index contributed by atoms with van der Waals surface area (Å²) in [6.45, 7) is 2.74. The summed E-state index contributed by atoms with van der Waals surface area (Å²) in [6, 6.07) is 8.01. The Morgan fingerprint density at radius 1 is 1.24 bits per heavy atom. The van der Waals surface area contributed by atoms with E-state index in [9.17, 15) is 0 Å². The Bertz CT molecular complexity index is 570. The third-order valence-electron chi connectivity index (χ3n) is 4.47. The Hall–Kier alpha value is -1.68. The maximum Gasteiger partial charge on any atom is 0.229 e. The minimum atomic E-state index is 0.345. The lowest BCUT2D eigenvalue weighted by molar-refractivity contribution is 0.333. The van der Waals surface area contributed by atoms with E-state index in [-0.39, 0.29) is 0 Å². The first kappa shape index (κ1) is 14.3. The second-order valence-corrected chi connectivity index (χ2v) is 6.14. The van der Waals surface area contributed by atoms with Gasteiger partial charge in [0, 0.05) is 18.0 Å². The van der Waals surface area contributed by atoms with Crippen LogP contribution >= 0.6 is 0 Å². The van der Waals surface area contributed by atoms with Crippen molar-refractivity contribution in [2.24, 2.45) is 11.7 Å². The maximum absolute atomic E-state index is 5.61. The van der Waals surface area contributed by atoms with Gasteiger partial charge in [0.2, 0.25) is 11.7 Å². The van der Waals surface area contributed by atoms with Crippen LogP contribution in [-0.2, 0) is 6.54 Å². The molecule has 2 aromatic rings. The zero-order valence-corrected chi connectivity index (χ0v) is 12.6. The van der Waals surface area contributed by atoms with E-state index in [0.717, 1.165) is 29.4 Å². The molecule has 0 saturated heterocycles. The molecule has 1 fully saturated rings. The summed E-state index contributed by atoms with van der Waals surface area (Å²) in [5, 5.41) is 4.12. The highest BCUT2D eigenvalue weighted by Gasteiger charge is 2.22. The van der Waals surface area contributed by atoms with Crippen molar-refractivity contribution in [3.63, 3.8) is 0 Å². The number of nitrogens with zero attached hydrogens (tertiary/aromatic N) is 2. The molecular weight excluding hydrogens is 262 g/mol. The number of nitrogens with two attached hydrogens (primary N) is 1. The summed E-state index contributed by atoms with van der Waals surface area (Å²) in [5.74, 6) is 2.61. The summed E-state index contributed by atoms with van der Waals surface area (Å²) in [6.07, 6.45) is 6.62. The molecule has 0 spiro atoms. The molecule has 1 saturated carbocycles. The van der Waals surface area contributed by atoms with Gasteiger partial charge in [-0.15, -0.1) is 0 Å². The van der Waals surface area contributed by atoms with Crippen LogP contribution in [0.1, 0.15) is 56.4 Å². The van der Waals surface area contributed by atoms with E-state index in [0.29, 0.717) is 18.3 Å². The molecule has 4 nitrogen and oxygen atoms in total. The van der Waals surface area contributed by atoms with Crippen LogP contribution in [0.15, 0.2) is 28.8 Å². The molecule has 1 aromatic carbocycles. The van der Waals surface area contributed by atoms with E-state index in [1.807, 2.05) is 24.3 Å². The van der Waals surface area contributed by atoms with Crippen molar-refractivity contribution in [3.05, 3.63) is 35.7 Å². The van der Waals surface area contributed by atoms with Gasteiger partial charge >= 0.3 is 0 Å². The standard InChI is InChI=1S/C17H23N3O/c1-12(10-13-4-2-3-5-13)17-19-16(20-21-17)15-8-6-14(11-18)7-9-15/h6-9,12-13H,2-5,10-11,18H2,1H3. The second-order valence-electron chi connectivity index (χ2n) is 6.14. The lowest BCUT2D eigenvalue weighted by Gasteiger charge is -2.12. The number of rotatable bonds is 5. The smallest absolute Gasteiger partial charge is 0.229 e. The lowest BCUT2D eigenvalue weighted by atomic mass is 9.94. The molecule has 0 radical (unpaired) electrons. The Morgan fingerprint density at radius 3 is 2.62 bits per heavy atom. The van der Waals surface area contributed by atoms with Gasteiger partial charge in [0.05, 0.1) is 0 Å². The first-order chi connectivity index (χ1) is 10.3. The molecule has 1 aliphatic carbocycles. The molecule has 2 N–H and O–H groups in total. The largest absolute Gasteiger partial charge is 0.339 e. The molecule has 1 atom stereocenters. The van der Waals surface area contributed by atoms with Crippen molar-refractivity contribution in [1.29, 1.82) is 0 Å². The van der Waals surface area contributed by atoms with Crippen LogP contribution in [0.2, 0.25) is 0 Å². The number of hydrogen-bond acceptors (Lipinski definition) is 4. The van der Waals surface area contributed by atoms with Crippen molar-refractivity contribution in [3.8, 4) is 11.4 Å². The summed E-state index contributed by atoms with van der Waals surface area (Å²) in [4.78, 5) is 4.57. The van der Waals surface area contributed by atoms with Crippen LogP contribution in [0.4, 0.5) is 0 Å².